The molecule has 0 radical (unpaired) electrons. The van der Waals surface area contributed by atoms with E-state index in [1.165, 1.54) is 0 Å². The van der Waals surface area contributed by atoms with Crippen molar-refractivity contribution in [3.63, 3.8) is 0 Å². The molecule has 0 unspecified atom stereocenters. The Hall–Kier alpha value is -1.75. The zero-order chi connectivity index (χ0) is 8.27. The van der Waals surface area contributed by atoms with Gasteiger partial charge in [-0.2, -0.15) is 5.26 Å². The van der Waals surface area contributed by atoms with Gasteiger partial charge in [-0.1, -0.05) is 6.58 Å². The van der Waals surface area contributed by atoms with Crippen molar-refractivity contribution in [1.29, 1.82) is 5.26 Å². The summed E-state index contributed by atoms with van der Waals surface area (Å²) in [5.74, 6) is 0.0227. The number of nitrogens with zero attached hydrogens (tertiary/aromatic N) is 1. The molecule has 0 bridgehead atoms. The smallest absolute Gasteiger partial charge is 0.115 e. The first-order chi connectivity index (χ1) is 5.24. The SMILES string of the molecule is C=C(O)c1ccc(C#N)cc1. The molecule has 0 fully saturated rings. The van der Waals surface area contributed by atoms with E-state index in [-0.39, 0.29) is 5.76 Å². The van der Waals surface area contributed by atoms with Gasteiger partial charge in [-0.15, -0.1) is 0 Å². The molecule has 0 aromatic heterocycles. The van der Waals surface area contributed by atoms with E-state index in [2.05, 4.69) is 6.58 Å². The van der Waals surface area contributed by atoms with Gasteiger partial charge in [-0.3, -0.25) is 0 Å². The van der Waals surface area contributed by atoms with E-state index < -0.39 is 0 Å². The molecule has 0 spiro atoms. The highest BCUT2D eigenvalue weighted by Gasteiger charge is 1.94. The average molecular weight is 145 g/mol. The van der Waals surface area contributed by atoms with Crippen LogP contribution in [0.4, 0.5) is 0 Å². The van der Waals surface area contributed by atoms with E-state index in [0.29, 0.717) is 11.1 Å². The van der Waals surface area contributed by atoms with E-state index in [1.54, 1.807) is 24.3 Å². The van der Waals surface area contributed by atoms with Crippen LogP contribution in [0.5, 0.6) is 0 Å². The molecule has 0 amide bonds. The second-order valence-electron chi connectivity index (χ2n) is 2.14. The first-order valence-electron chi connectivity index (χ1n) is 3.12. The number of aliphatic hydroxyl groups excluding tert-OH is 1. The lowest BCUT2D eigenvalue weighted by Crippen LogP contribution is -1.80. The molecule has 0 saturated carbocycles. The highest BCUT2D eigenvalue weighted by molar-refractivity contribution is 5.56. The minimum Gasteiger partial charge on any atom is -0.508 e. The number of aliphatic hydroxyl groups is 1. The molecule has 2 nitrogen and oxygen atoms in total. The predicted octanol–water partition coefficient (Wildman–Crippen LogP) is 2.09. The number of hydrogen-bond donors (Lipinski definition) is 1. The van der Waals surface area contributed by atoms with Crippen molar-refractivity contribution in [2.24, 2.45) is 0 Å². The van der Waals surface area contributed by atoms with E-state index in [0.717, 1.165) is 0 Å². The van der Waals surface area contributed by atoms with Crippen molar-refractivity contribution < 1.29 is 5.11 Å². The fraction of sp³-hybridized carbons (Fsp3) is 0. The van der Waals surface area contributed by atoms with Gasteiger partial charge >= 0.3 is 0 Å². The molecule has 1 aromatic rings. The van der Waals surface area contributed by atoms with Gasteiger partial charge in [0, 0.05) is 5.56 Å². The van der Waals surface area contributed by atoms with Crippen LogP contribution in [-0.4, -0.2) is 5.11 Å². The second kappa shape index (κ2) is 2.89. The Kier molecular flexibility index (Phi) is 1.93. The van der Waals surface area contributed by atoms with Gasteiger partial charge in [-0.25, -0.2) is 0 Å². The van der Waals surface area contributed by atoms with Gasteiger partial charge < -0.3 is 5.11 Å². The monoisotopic (exact) mass is 145 g/mol. The molecule has 0 heterocycles. The fourth-order valence-corrected chi connectivity index (χ4v) is 0.737. The molecule has 0 atom stereocenters. The maximum Gasteiger partial charge on any atom is 0.115 e. The lowest BCUT2D eigenvalue weighted by atomic mass is 10.1. The molecule has 11 heavy (non-hydrogen) atoms. The normalized spacial score (nSPS) is 8.64. The summed E-state index contributed by atoms with van der Waals surface area (Å²) in [7, 11) is 0. The summed E-state index contributed by atoms with van der Waals surface area (Å²) in [5, 5.41) is 17.3. The predicted molar refractivity (Wildman–Crippen MR) is 42.8 cm³/mol. The standard InChI is InChI=1S/C9H7NO/c1-7(11)9-4-2-8(6-10)3-5-9/h2-5,11H,1H2. The molecule has 54 valence electrons. The lowest BCUT2D eigenvalue weighted by molar-refractivity contribution is 0.514. The van der Waals surface area contributed by atoms with Gasteiger partial charge in [0.2, 0.25) is 0 Å². The second-order valence-corrected chi connectivity index (χ2v) is 2.14. The summed E-state index contributed by atoms with van der Waals surface area (Å²) in [5.41, 5.74) is 1.22. The molecule has 2 heteroatoms. The first kappa shape index (κ1) is 7.36. The lowest BCUT2D eigenvalue weighted by Gasteiger charge is -1.95. The molecule has 0 aliphatic carbocycles. The molecular weight excluding hydrogens is 138 g/mol. The van der Waals surface area contributed by atoms with Crippen LogP contribution < -0.4 is 0 Å². The number of hydrogen-bond acceptors (Lipinski definition) is 2. The van der Waals surface area contributed by atoms with E-state index in [9.17, 15) is 0 Å². The Morgan fingerprint density at radius 3 is 2.27 bits per heavy atom. The van der Waals surface area contributed by atoms with Gasteiger partial charge in [0.25, 0.3) is 0 Å². The summed E-state index contributed by atoms with van der Waals surface area (Å²) in [6, 6.07) is 8.56. The maximum absolute atomic E-state index is 8.91. The molecule has 0 saturated heterocycles. The number of benzene rings is 1. The zero-order valence-corrected chi connectivity index (χ0v) is 5.91. The van der Waals surface area contributed by atoms with Crippen LogP contribution in [0, 0.1) is 11.3 Å². The highest BCUT2D eigenvalue weighted by atomic mass is 16.3. The van der Waals surface area contributed by atoms with Crippen molar-refractivity contribution in [2.45, 2.75) is 0 Å². The Balaban J connectivity index is 3.03. The quantitative estimate of drug-likeness (QED) is 0.615. The first-order valence-corrected chi connectivity index (χ1v) is 3.12. The molecule has 0 aliphatic heterocycles. The molecule has 1 rings (SSSR count). The third kappa shape index (κ3) is 1.59. The summed E-state index contributed by atoms with van der Waals surface area (Å²) in [4.78, 5) is 0. The van der Waals surface area contributed by atoms with E-state index in [4.69, 9.17) is 10.4 Å². The van der Waals surface area contributed by atoms with Gasteiger partial charge in [0.1, 0.15) is 5.76 Å². The zero-order valence-electron chi connectivity index (χ0n) is 5.91. The number of rotatable bonds is 1. The van der Waals surface area contributed by atoms with Gasteiger partial charge in [0.15, 0.2) is 0 Å². The van der Waals surface area contributed by atoms with E-state index >= 15 is 0 Å². The average Bonchev–Trinajstić information content (AvgIpc) is 2.05. The Morgan fingerprint density at radius 1 is 1.36 bits per heavy atom. The van der Waals surface area contributed by atoms with Gasteiger partial charge in [0.05, 0.1) is 11.6 Å². The maximum atomic E-state index is 8.91. The Labute approximate surface area is 65.0 Å². The minimum atomic E-state index is 0.0227. The van der Waals surface area contributed by atoms with Crippen LogP contribution in [0.25, 0.3) is 5.76 Å². The van der Waals surface area contributed by atoms with Crippen molar-refractivity contribution >= 4 is 5.76 Å². The van der Waals surface area contributed by atoms with Crippen molar-refractivity contribution in [1.82, 2.24) is 0 Å². The fourth-order valence-electron chi connectivity index (χ4n) is 0.737. The number of nitriles is 1. The summed E-state index contributed by atoms with van der Waals surface area (Å²) in [6.07, 6.45) is 0. The van der Waals surface area contributed by atoms with Crippen LogP contribution in [0.3, 0.4) is 0 Å². The Morgan fingerprint density at radius 2 is 1.91 bits per heavy atom. The Bertz CT molecular complexity index is 305. The van der Waals surface area contributed by atoms with Gasteiger partial charge in [-0.05, 0) is 24.3 Å². The van der Waals surface area contributed by atoms with Crippen molar-refractivity contribution in [3.8, 4) is 6.07 Å². The summed E-state index contributed by atoms with van der Waals surface area (Å²) in [6.45, 7) is 3.35. The molecular formula is C9H7NO. The van der Waals surface area contributed by atoms with E-state index in [1.807, 2.05) is 6.07 Å². The third-order valence-electron chi connectivity index (χ3n) is 1.35. The van der Waals surface area contributed by atoms with Crippen molar-refractivity contribution in [2.75, 3.05) is 0 Å². The van der Waals surface area contributed by atoms with Crippen molar-refractivity contribution in [3.05, 3.63) is 42.0 Å². The molecule has 0 aliphatic rings. The molecule has 1 N–H and O–H groups in total. The van der Waals surface area contributed by atoms with Crippen LogP contribution in [0.2, 0.25) is 0 Å². The topological polar surface area (TPSA) is 44.0 Å². The van der Waals surface area contributed by atoms with Crippen LogP contribution >= 0.6 is 0 Å². The van der Waals surface area contributed by atoms with Crippen LogP contribution in [-0.2, 0) is 0 Å². The highest BCUT2D eigenvalue weighted by Crippen LogP contribution is 2.09. The van der Waals surface area contributed by atoms with Crippen LogP contribution in [0.1, 0.15) is 11.1 Å². The third-order valence-corrected chi connectivity index (χ3v) is 1.35. The van der Waals surface area contributed by atoms with Crippen LogP contribution in [0.15, 0.2) is 30.8 Å². The largest absolute Gasteiger partial charge is 0.508 e. The summed E-state index contributed by atoms with van der Waals surface area (Å²) >= 11 is 0. The molecule has 1 aromatic carbocycles. The summed E-state index contributed by atoms with van der Waals surface area (Å²) < 4.78 is 0. The minimum absolute atomic E-state index is 0.0227.